The Morgan fingerprint density at radius 2 is 0.583 bits per heavy atom. The predicted octanol–water partition coefficient (Wildman–Crippen LogP) is 18.3. The number of hydrogen-bond acceptors (Lipinski definition) is 0. The molecule has 0 heterocycles. The monoisotopic (exact) mass is 673 g/mol. The Kier molecular flexibility index (Phi) is 36.7. The van der Waals surface area contributed by atoms with Crippen LogP contribution in [0.4, 0.5) is 0 Å². The Morgan fingerprint density at radius 1 is 0.292 bits per heavy atom. The molecular weight excluding hydrogens is 577 g/mol. The van der Waals surface area contributed by atoms with Crippen molar-refractivity contribution in [3.05, 3.63) is 0 Å². The second kappa shape index (κ2) is 38.2. The molecule has 1 fully saturated rings. The van der Waals surface area contributed by atoms with Gasteiger partial charge < -0.3 is 0 Å². The van der Waals surface area contributed by atoms with Crippen LogP contribution >= 0.6 is 0 Å². The molecule has 1 saturated carbocycles. The summed E-state index contributed by atoms with van der Waals surface area (Å²) in [5.41, 5.74) is 0. The third-order valence-electron chi connectivity index (χ3n) is 12.7. The number of hydrogen-bond donors (Lipinski definition) is 0. The molecule has 1 aliphatic rings. The molecule has 0 N–H and O–H groups in total. The molecule has 3 unspecified atom stereocenters. The highest BCUT2D eigenvalue weighted by Gasteiger charge is 2.17. The molecular formula is C48H96. The van der Waals surface area contributed by atoms with Gasteiger partial charge in [0, 0.05) is 0 Å². The largest absolute Gasteiger partial charge is 0.0654 e. The molecule has 0 radical (unpaired) electrons. The molecule has 0 aliphatic heterocycles. The maximum absolute atomic E-state index is 2.65. The van der Waals surface area contributed by atoms with Gasteiger partial charge in [-0.2, -0.15) is 0 Å². The first kappa shape index (κ1) is 46.0. The highest BCUT2D eigenvalue weighted by atomic mass is 14.2. The maximum atomic E-state index is 2.65. The molecule has 0 bridgehead atoms. The van der Waals surface area contributed by atoms with Gasteiger partial charge in [-0.3, -0.25) is 0 Å². The molecule has 0 spiro atoms. The topological polar surface area (TPSA) is 0 Å². The van der Waals surface area contributed by atoms with Gasteiger partial charge in [-0.15, -0.1) is 0 Å². The van der Waals surface area contributed by atoms with Crippen LogP contribution in [0.2, 0.25) is 0 Å². The summed E-state index contributed by atoms with van der Waals surface area (Å²) in [6.07, 6.45) is 62.7. The molecule has 3 atom stereocenters. The molecule has 1 aliphatic carbocycles. The standard InChI is InChI=1S/C48H96/c1-4-6-8-9-10-11-24-27-30-38-44-48-45-39-31-28-25-22-20-18-16-14-12-13-15-17-19-21-23-26-29-36-42-47(41-34-7-5-2)43-37-33-32-35-40-46(48)3/h46-48H,4-45H2,1-3H3. The second-order valence-electron chi connectivity index (χ2n) is 17.4. The smallest absolute Gasteiger partial charge is 0.0388 e. The molecule has 0 heteroatoms. The van der Waals surface area contributed by atoms with Gasteiger partial charge in [0.15, 0.2) is 0 Å². The van der Waals surface area contributed by atoms with Gasteiger partial charge >= 0.3 is 0 Å². The minimum absolute atomic E-state index is 0.950. The summed E-state index contributed by atoms with van der Waals surface area (Å²) < 4.78 is 0. The first-order valence-corrected chi connectivity index (χ1v) is 23.8. The zero-order chi connectivity index (χ0) is 34.4. The van der Waals surface area contributed by atoms with Gasteiger partial charge in [-0.25, -0.2) is 0 Å². The van der Waals surface area contributed by atoms with Gasteiger partial charge in [0.1, 0.15) is 0 Å². The van der Waals surface area contributed by atoms with E-state index in [0.29, 0.717) is 0 Å². The van der Waals surface area contributed by atoms with E-state index < -0.39 is 0 Å². The summed E-state index contributed by atoms with van der Waals surface area (Å²) in [7, 11) is 0. The van der Waals surface area contributed by atoms with E-state index in [9.17, 15) is 0 Å². The van der Waals surface area contributed by atoms with Crippen LogP contribution in [0.5, 0.6) is 0 Å². The van der Waals surface area contributed by atoms with E-state index in [-0.39, 0.29) is 0 Å². The second-order valence-corrected chi connectivity index (χ2v) is 17.4. The summed E-state index contributed by atoms with van der Waals surface area (Å²) in [4.78, 5) is 0. The summed E-state index contributed by atoms with van der Waals surface area (Å²) >= 11 is 0. The third kappa shape index (κ3) is 31.9. The van der Waals surface area contributed by atoms with Gasteiger partial charge in [-0.1, -0.05) is 290 Å². The van der Waals surface area contributed by atoms with Crippen molar-refractivity contribution in [3.8, 4) is 0 Å². The Morgan fingerprint density at radius 3 is 1.00 bits per heavy atom. The molecule has 288 valence electrons. The average molecular weight is 673 g/mol. The van der Waals surface area contributed by atoms with E-state index in [1.807, 2.05) is 0 Å². The fourth-order valence-corrected chi connectivity index (χ4v) is 9.06. The van der Waals surface area contributed by atoms with Crippen molar-refractivity contribution in [2.45, 2.75) is 290 Å². The quantitative estimate of drug-likeness (QED) is 0.152. The van der Waals surface area contributed by atoms with E-state index in [1.165, 1.54) is 270 Å². The maximum Gasteiger partial charge on any atom is -0.0388 e. The van der Waals surface area contributed by atoms with Gasteiger partial charge in [0.05, 0.1) is 0 Å². The Bertz CT molecular complexity index is 579. The number of unbranched alkanes of at least 4 members (excludes halogenated alkanes) is 11. The highest BCUT2D eigenvalue weighted by Crippen LogP contribution is 2.30. The van der Waals surface area contributed by atoms with Gasteiger partial charge in [0.25, 0.3) is 0 Å². The van der Waals surface area contributed by atoms with Crippen LogP contribution < -0.4 is 0 Å². The van der Waals surface area contributed by atoms with Crippen LogP contribution in [-0.4, -0.2) is 0 Å². The number of rotatable bonds is 15. The van der Waals surface area contributed by atoms with E-state index in [0.717, 1.165) is 17.8 Å². The molecule has 1 rings (SSSR count). The van der Waals surface area contributed by atoms with Crippen LogP contribution in [0.15, 0.2) is 0 Å². The zero-order valence-electron chi connectivity index (χ0n) is 34.4. The fraction of sp³-hybridized carbons (Fsp3) is 1.00. The van der Waals surface area contributed by atoms with Crippen molar-refractivity contribution in [1.29, 1.82) is 0 Å². The van der Waals surface area contributed by atoms with E-state index in [1.54, 1.807) is 0 Å². The fourth-order valence-electron chi connectivity index (χ4n) is 9.06. The van der Waals surface area contributed by atoms with Crippen LogP contribution in [0.1, 0.15) is 290 Å². The molecule has 0 amide bonds. The summed E-state index contributed by atoms with van der Waals surface area (Å²) in [6.45, 7) is 7.35. The first-order chi connectivity index (χ1) is 23.8. The first-order valence-electron chi connectivity index (χ1n) is 23.8. The molecule has 0 aromatic heterocycles. The molecule has 0 nitrogen and oxygen atoms in total. The Hall–Kier alpha value is 0. The zero-order valence-corrected chi connectivity index (χ0v) is 34.4. The van der Waals surface area contributed by atoms with Crippen molar-refractivity contribution in [2.75, 3.05) is 0 Å². The van der Waals surface area contributed by atoms with Gasteiger partial charge in [0.2, 0.25) is 0 Å². The van der Waals surface area contributed by atoms with Crippen molar-refractivity contribution < 1.29 is 0 Å². The minimum atomic E-state index is 0.950. The van der Waals surface area contributed by atoms with E-state index in [2.05, 4.69) is 20.8 Å². The van der Waals surface area contributed by atoms with E-state index in [4.69, 9.17) is 0 Å². The third-order valence-corrected chi connectivity index (χ3v) is 12.7. The molecule has 0 aromatic carbocycles. The van der Waals surface area contributed by atoms with Crippen LogP contribution in [-0.2, 0) is 0 Å². The SMILES string of the molecule is CCCCCCCCCCCCC1CCCCCCCCCCCCCCCCCCCCCC(CCCCC)CCCCCCC1C. The Labute approximate surface area is 307 Å². The highest BCUT2D eigenvalue weighted by molar-refractivity contribution is 4.69. The average Bonchev–Trinajstić information content (AvgIpc) is 3.09. The normalized spacial score (nSPS) is 24.2. The Balaban J connectivity index is 2.46. The minimum Gasteiger partial charge on any atom is -0.0654 e. The van der Waals surface area contributed by atoms with Crippen molar-refractivity contribution in [1.82, 2.24) is 0 Å². The predicted molar refractivity (Wildman–Crippen MR) is 221 cm³/mol. The van der Waals surface area contributed by atoms with Crippen LogP contribution in [0.25, 0.3) is 0 Å². The lowest BCUT2D eigenvalue weighted by Crippen LogP contribution is -2.12. The lowest BCUT2D eigenvalue weighted by molar-refractivity contribution is 0.273. The molecule has 0 saturated heterocycles. The van der Waals surface area contributed by atoms with Gasteiger partial charge in [-0.05, 0) is 17.8 Å². The summed E-state index contributed by atoms with van der Waals surface area (Å²) in [5, 5.41) is 0. The lowest BCUT2D eigenvalue weighted by Gasteiger charge is -2.24. The summed E-state index contributed by atoms with van der Waals surface area (Å²) in [5.74, 6) is 2.98. The van der Waals surface area contributed by atoms with Crippen molar-refractivity contribution >= 4 is 0 Å². The van der Waals surface area contributed by atoms with E-state index >= 15 is 0 Å². The van der Waals surface area contributed by atoms with Crippen LogP contribution in [0, 0.1) is 17.8 Å². The van der Waals surface area contributed by atoms with Crippen molar-refractivity contribution in [3.63, 3.8) is 0 Å². The summed E-state index contributed by atoms with van der Waals surface area (Å²) in [6, 6.07) is 0. The van der Waals surface area contributed by atoms with Crippen LogP contribution in [0.3, 0.4) is 0 Å². The molecule has 48 heavy (non-hydrogen) atoms. The lowest BCUT2D eigenvalue weighted by atomic mass is 9.81. The van der Waals surface area contributed by atoms with Crippen molar-refractivity contribution in [2.24, 2.45) is 17.8 Å². The molecule has 0 aromatic rings.